The van der Waals surface area contributed by atoms with Gasteiger partial charge in [0.25, 0.3) is 0 Å². The van der Waals surface area contributed by atoms with Crippen LogP contribution in [0.1, 0.15) is 37.9 Å². The molecule has 1 aromatic heterocycles. The van der Waals surface area contributed by atoms with Crippen LogP contribution in [0, 0.1) is 6.92 Å². The maximum Gasteiger partial charge on any atom is 0.227 e. The summed E-state index contributed by atoms with van der Waals surface area (Å²) in [6.45, 7) is 1.95. The molecule has 0 radical (unpaired) electrons. The van der Waals surface area contributed by atoms with Crippen molar-refractivity contribution in [2.75, 3.05) is 5.32 Å². The highest BCUT2D eigenvalue weighted by Crippen LogP contribution is 2.32. The van der Waals surface area contributed by atoms with Crippen LogP contribution in [0.15, 0.2) is 18.2 Å². The van der Waals surface area contributed by atoms with Gasteiger partial charge in [0.05, 0.1) is 23.1 Å². The van der Waals surface area contributed by atoms with E-state index in [4.69, 9.17) is 0 Å². The van der Waals surface area contributed by atoms with Gasteiger partial charge >= 0.3 is 0 Å². The summed E-state index contributed by atoms with van der Waals surface area (Å²) in [7, 11) is 1.97. The van der Waals surface area contributed by atoms with Crippen LogP contribution in [-0.2, 0) is 11.8 Å². The summed E-state index contributed by atoms with van der Waals surface area (Å²) in [4.78, 5) is 16.5. The normalized spacial score (nSPS) is 17.3. The summed E-state index contributed by atoms with van der Waals surface area (Å²) in [6, 6.07) is 5.70. The molecule has 0 spiro atoms. The zero-order valence-corrected chi connectivity index (χ0v) is 12.5. The first kappa shape index (κ1) is 14.1. The monoisotopic (exact) mass is 287 g/mol. The lowest BCUT2D eigenvalue weighted by Gasteiger charge is -2.21. The lowest BCUT2D eigenvalue weighted by Crippen LogP contribution is -2.30. The maximum absolute atomic E-state index is 12.1. The summed E-state index contributed by atoms with van der Waals surface area (Å²) < 4.78 is 2.02. The van der Waals surface area contributed by atoms with Gasteiger partial charge in [0.15, 0.2) is 0 Å². The molecule has 1 aliphatic carbocycles. The van der Waals surface area contributed by atoms with Crippen LogP contribution in [0.4, 0.5) is 5.69 Å². The number of hydrogen-bond acceptors (Lipinski definition) is 3. The Morgan fingerprint density at radius 2 is 2.14 bits per heavy atom. The smallest absolute Gasteiger partial charge is 0.227 e. The van der Waals surface area contributed by atoms with Gasteiger partial charge in [0.2, 0.25) is 5.91 Å². The third-order valence-corrected chi connectivity index (χ3v) is 4.41. The van der Waals surface area contributed by atoms with Crippen molar-refractivity contribution in [2.45, 2.75) is 44.6 Å². The maximum atomic E-state index is 12.1. The first-order valence-electron chi connectivity index (χ1n) is 7.42. The van der Waals surface area contributed by atoms with Crippen molar-refractivity contribution in [2.24, 2.45) is 7.05 Å². The number of anilines is 1. The minimum Gasteiger partial charge on any atom is -0.389 e. The molecule has 5 nitrogen and oxygen atoms in total. The van der Waals surface area contributed by atoms with Gasteiger partial charge in [-0.3, -0.25) is 4.79 Å². The van der Waals surface area contributed by atoms with E-state index in [-0.39, 0.29) is 12.3 Å². The van der Waals surface area contributed by atoms with Gasteiger partial charge in [0, 0.05) is 12.7 Å². The van der Waals surface area contributed by atoms with Crippen LogP contribution in [0.2, 0.25) is 0 Å². The molecule has 1 saturated carbocycles. The van der Waals surface area contributed by atoms with Crippen molar-refractivity contribution in [3.8, 4) is 0 Å². The quantitative estimate of drug-likeness (QED) is 0.911. The summed E-state index contributed by atoms with van der Waals surface area (Å²) in [6.07, 6.45) is 3.62. The van der Waals surface area contributed by atoms with E-state index >= 15 is 0 Å². The second-order valence-corrected chi connectivity index (χ2v) is 6.08. The Hall–Kier alpha value is -1.88. The van der Waals surface area contributed by atoms with Gasteiger partial charge in [-0.25, -0.2) is 4.98 Å². The predicted molar refractivity (Wildman–Crippen MR) is 82.1 cm³/mol. The third-order valence-electron chi connectivity index (χ3n) is 4.41. The first-order valence-corrected chi connectivity index (χ1v) is 7.42. The Labute approximate surface area is 124 Å². The molecule has 3 rings (SSSR count). The molecule has 1 fully saturated rings. The van der Waals surface area contributed by atoms with Crippen LogP contribution in [0.3, 0.4) is 0 Å². The van der Waals surface area contributed by atoms with Crippen molar-refractivity contribution in [1.82, 2.24) is 9.55 Å². The fraction of sp³-hybridized carbons (Fsp3) is 0.500. The minimum absolute atomic E-state index is 0.133. The van der Waals surface area contributed by atoms with Crippen molar-refractivity contribution >= 4 is 22.6 Å². The zero-order chi connectivity index (χ0) is 15.0. The van der Waals surface area contributed by atoms with E-state index in [9.17, 15) is 9.90 Å². The van der Waals surface area contributed by atoms with Crippen molar-refractivity contribution in [3.05, 3.63) is 24.0 Å². The van der Waals surface area contributed by atoms with E-state index in [0.29, 0.717) is 0 Å². The summed E-state index contributed by atoms with van der Waals surface area (Å²) in [5.41, 5.74) is 1.83. The number of imidazole rings is 1. The van der Waals surface area contributed by atoms with Gasteiger partial charge in [-0.2, -0.15) is 0 Å². The number of fused-ring (bicyclic) bond motifs is 1. The van der Waals surface area contributed by atoms with Gasteiger partial charge in [0.1, 0.15) is 5.82 Å². The average Bonchev–Trinajstić information content (AvgIpc) is 2.95. The molecule has 1 amide bonds. The average molecular weight is 287 g/mol. The van der Waals surface area contributed by atoms with Crippen LogP contribution in [0.25, 0.3) is 11.0 Å². The number of aromatic nitrogens is 2. The molecule has 1 aliphatic rings. The third kappa shape index (κ3) is 2.78. The Morgan fingerprint density at radius 3 is 2.86 bits per heavy atom. The highest BCUT2D eigenvalue weighted by atomic mass is 16.3. The molecule has 112 valence electrons. The summed E-state index contributed by atoms with van der Waals surface area (Å²) in [5, 5.41) is 13.1. The molecule has 0 unspecified atom stereocenters. The molecule has 0 bridgehead atoms. The van der Waals surface area contributed by atoms with Crippen LogP contribution in [0.5, 0.6) is 0 Å². The van der Waals surface area contributed by atoms with E-state index in [1.54, 1.807) is 0 Å². The zero-order valence-electron chi connectivity index (χ0n) is 12.5. The predicted octanol–water partition coefficient (Wildman–Crippen LogP) is 2.52. The molecule has 2 N–H and O–H groups in total. The van der Waals surface area contributed by atoms with Crippen molar-refractivity contribution < 1.29 is 9.90 Å². The van der Waals surface area contributed by atoms with E-state index in [2.05, 4.69) is 10.3 Å². The number of nitrogens with one attached hydrogen (secondary N) is 1. The largest absolute Gasteiger partial charge is 0.389 e. The van der Waals surface area contributed by atoms with Crippen LogP contribution < -0.4 is 5.32 Å². The second-order valence-electron chi connectivity index (χ2n) is 6.08. The Morgan fingerprint density at radius 1 is 1.43 bits per heavy atom. The van der Waals surface area contributed by atoms with Gasteiger partial charge in [-0.1, -0.05) is 12.8 Å². The number of aliphatic hydroxyl groups is 1. The topological polar surface area (TPSA) is 67.2 Å². The Balaban J connectivity index is 1.74. The fourth-order valence-corrected chi connectivity index (χ4v) is 3.11. The number of hydrogen-bond donors (Lipinski definition) is 2. The molecule has 0 saturated heterocycles. The first-order chi connectivity index (χ1) is 9.97. The van der Waals surface area contributed by atoms with Crippen molar-refractivity contribution in [3.63, 3.8) is 0 Å². The number of benzene rings is 1. The summed E-state index contributed by atoms with van der Waals surface area (Å²) in [5.74, 6) is 0.806. The SMILES string of the molecule is Cc1nc2cc(NC(=O)CC3(O)CCCC3)ccc2n1C. The molecule has 0 atom stereocenters. The van der Waals surface area contributed by atoms with E-state index < -0.39 is 5.60 Å². The van der Waals surface area contributed by atoms with Gasteiger partial charge < -0.3 is 15.0 Å². The number of nitrogens with zero attached hydrogens (tertiary/aromatic N) is 2. The Bertz CT molecular complexity index is 684. The summed E-state index contributed by atoms with van der Waals surface area (Å²) >= 11 is 0. The van der Waals surface area contributed by atoms with Crippen LogP contribution in [-0.4, -0.2) is 26.2 Å². The number of carbonyl (C=O) groups is 1. The molecular weight excluding hydrogens is 266 g/mol. The van der Waals surface area contributed by atoms with E-state index in [0.717, 1.165) is 48.2 Å². The fourth-order valence-electron chi connectivity index (χ4n) is 3.11. The van der Waals surface area contributed by atoms with Gasteiger partial charge in [-0.15, -0.1) is 0 Å². The van der Waals surface area contributed by atoms with Crippen LogP contribution >= 0.6 is 0 Å². The van der Waals surface area contributed by atoms with Gasteiger partial charge in [-0.05, 0) is 38.0 Å². The number of carbonyl (C=O) groups excluding carboxylic acids is 1. The number of rotatable bonds is 3. The standard InChI is InChI=1S/C16H21N3O2/c1-11-17-13-9-12(5-6-14(13)19(11)2)18-15(20)10-16(21)7-3-4-8-16/h5-6,9,21H,3-4,7-8,10H2,1-2H3,(H,18,20). The molecule has 5 heteroatoms. The van der Waals surface area contributed by atoms with E-state index in [1.165, 1.54) is 0 Å². The minimum atomic E-state index is -0.810. The molecule has 0 aliphatic heterocycles. The van der Waals surface area contributed by atoms with E-state index in [1.807, 2.05) is 36.7 Å². The Kier molecular flexibility index (Phi) is 3.45. The number of aryl methyl sites for hydroxylation is 2. The molecule has 2 aromatic rings. The number of amides is 1. The lowest BCUT2D eigenvalue weighted by atomic mass is 9.97. The molecule has 1 aromatic carbocycles. The molecule has 21 heavy (non-hydrogen) atoms. The highest BCUT2D eigenvalue weighted by Gasteiger charge is 2.33. The molecular formula is C16H21N3O2. The highest BCUT2D eigenvalue weighted by molar-refractivity contribution is 5.93. The second kappa shape index (κ2) is 5.15. The molecule has 1 heterocycles. The lowest BCUT2D eigenvalue weighted by molar-refractivity contribution is -0.120. The van der Waals surface area contributed by atoms with Crippen molar-refractivity contribution in [1.29, 1.82) is 0 Å².